The van der Waals surface area contributed by atoms with Gasteiger partial charge in [-0.25, -0.2) is 0 Å². The first-order valence-electron chi connectivity index (χ1n) is 10.00. The molecule has 0 nitrogen and oxygen atoms in total. The second-order valence-electron chi connectivity index (χ2n) is 7.79. The fourth-order valence-electron chi connectivity index (χ4n) is 4.77. The van der Waals surface area contributed by atoms with Gasteiger partial charge in [0.1, 0.15) is 0 Å². The summed E-state index contributed by atoms with van der Waals surface area (Å²) in [5.41, 5.74) is 0. The molecule has 2 saturated carbocycles. The minimum atomic E-state index is 0.909. The van der Waals surface area contributed by atoms with Crippen LogP contribution in [0.4, 0.5) is 0 Å². The monoisotopic (exact) mass is 290 g/mol. The summed E-state index contributed by atoms with van der Waals surface area (Å²) in [5.74, 6) is 4.15. The molecule has 0 aromatic rings. The van der Waals surface area contributed by atoms with Gasteiger partial charge in [0, 0.05) is 0 Å². The van der Waals surface area contributed by atoms with Gasteiger partial charge in [-0.3, -0.25) is 0 Å². The number of hydrogen-bond acceptors (Lipinski definition) is 0. The zero-order chi connectivity index (χ0) is 14.9. The van der Waals surface area contributed by atoms with Crippen molar-refractivity contribution in [3.8, 4) is 0 Å². The molecule has 21 heavy (non-hydrogen) atoms. The van der Waals surface area contributed by atoms with E-state index in [-0.39, 0.29) is 0 Å². The number of rotatable bonds is 7. The summed E-state index contributed by atoms with van der Waals surface area (Å²) >= 11 is 0. The third-order valence-electron chi connectivity index (χ3n) is 6.23. The molecule has 0 N–H and O–H groups in total. The molecule has 0 unspecified atom stereocenters. The van der Waals surface area contributed by atoms with Crippen LogP contribution < -0.4 is 0 Å². The van der Waals surface area contributed by atoms with Crippen LogP contribution >= 0.6 is 0 Å². The Morgan fingerprint density at radius 3 is 1.95 bits per heavy atom. The molecule has 0 saturated heterocycles. The highest BCUT2D eigenvalue weighted by Crippen LogP contribution is 2.42. The molecule has 2 rings (SSSR count). The van der Waals surface area contributed by atoms with Gasteiger partial charge in [0.25, 0.3) is 0 Å². The van der Waals surface area contributed by atoms with Crippen molar-refractivity contribution in [2.45, 2.75) is 97.3 Å². The van der Waals surface area contributed by atoms with Gasteiger partial charge in [-0.15, -0.1) is 0 Å². The van der Waals surface area contributed by atoms with E-state index in [9.17, 15) is 0 Å². The molecule has 0 aromatic heterocycles. The fourth-order valence-corrected chi connectivity index (χ4v) is 4.77. The van der Waals surface area contributed by atoms with Crippen LogP contribution in [0, 0.1) is 23.7 Å². The van der Waals surface area contributed by atoms with Crippen LogP contribution in [0.5, 0.6) is 0 Å². The van der Waals surface area contributed by atoms with E-state index in [0.717, 1.165) is 23.7 Å². The Bertz CT molecular complexity index is 274. The Hall–Kier alpha value is -0.260. The van der Waals surface area contributed by atoms with Gasteiger partial charge in [0.2, 0.25) is 0 Å². The van der Waals surface area contributed by atoms with E-state index in [1.807, 2.05) is 0 Å². The minimum Gasteiger partial charge on any atom is -0.0885 e. The van der Waals surface area contributed by atoms with Gasteiger partial charge in [0.15, 0.2) is 0 Å². The maximum atomic E-state index is 2.50. The lowest BCUT2D eigenvalue weighted by Gasteiger charge is -2.37. The van der Waals surface area contributed by atoms with Crippen molar-refractivity contribution in [2.24, 2.45) is 23.7 Å². The molecule has 0 bridgehead atoms. The number of hydrogen-bond donors (Lipinski definition) is 0. The van der Waals surface area contributed by atoms with Crippen molar-refractivity contribution >= 4 is 0 Å². The van der Waals surface area contributed by atoms with Crippen molar-refractivity contribution in [3.63, 3.8) is 0 Å². The molecule has 0 heterocycles. The van der Waals surface area contributed by atoms with Crippen LogP contribution in [0.15, 0.2) is 12.2 Å². The van der Waals surface area contributed by atoms with E-state index in [2.05, 4.69) is 26.0 Å². The predicted molar refractivity (Wildman–Crippen MR) is 94.5 cm³/mol. The molecule has 0 aliphatic heterocycles. The second-order valence-corrected chi connectivity index (χ2v) is 7.79. The zero-order valence-electron chi connectivity index (χ0n) is 14.7. The summed E-state index contributed by atoms with van der Waals surface area (Å²) in [6.45, 7) is 4.57. The molecular weight excluding hydrogens is 252 g/mol. The van der Waals surface area contributed by atoms with E-state index < -0.39 is 0 Å². The lowest BCUT2D eigenvalue weighted by molar-refractivity contribution is 0.151. The summed E-state index contributed by atoms with van der Waals surface area (Å²) in [7, 11) is 0. The molecular formula is C21H38. The largest absolute Gasteiger partial charge is 0.0885 e. The minimum absolute atomic E-state index is 0.909. The highest BCUT2D eigenvalue weighted by atomic mass is 14.4. The Morgan fingerprint density at radius 1 is 0.762 bits per heavy atom. The third kappa shape index (κ3) is 5.80. The first-order valence-corrected chi connectivity index (χ1v) is 10.00. The standard InChI is InChI=1S/C21H38/c1-3-5-7-9-19-12-16-21(17-13-19)20-14-10-18(11-15-20)8-6-4-2/h6,8,18-21H,3-5,7,9-17H2,1-2H3. The van der Waals surface area contributed by atoms with E-state index in [0.29, 0.717) is 0 Å². The number of allylic oxidation sites excluding steroid dienone is 2. The van der Waals surface area contributed by atoms with Gasteiger partial charge in [-0.1, -0.05) is 64.5 Å². The van der Waals surface area contributed by atoms with Gasteiger partial charge in [0.05, 0.1) is 0 Å². The van der Waals surface area contributed by atoms with Crippen molar-refractivity contribution < 1.29 is 0 Å². The van der Waals surface area contributed by atoms with E-state index >= 15 is 0 Å². The van der Waals surface area contributed by atoms with Crippen LogP contribution in [0.25, 0.3) is 0 Å². The van der Waals surface area contributed by atoms with Crippen molar-refractivity contribution in [1.29, 1.82) is 0 Å². The van der Waals surface area contributed by atoms with Crippen LogP contribution in [-0.2, 0) is 0 Å². The van der Waals surface area contributed by atoms with Gasteiger partial charge >= 0.3 is 0 Å². The molecule has 0 aromatic carbocycles. The normalized spacial score (nSPS) is 34.4. The quantitative estimate of drug-likeness (QED) is 0.345. The van der Waals surface area contributed by atoms with Crippen LogP contribution in [-0.4, -0.2) is 0 Å². The molecule has 2 fully saturated rings. The third-order valence-corrected chi connectivity index (χ3v) is 6.23. The molecule has 0 heteroatoms. The van der Waals surface area contributed by atoms with Crippen molar-refractivity contribution in [3.05, 3.63) is 12.2 Å². The molecule has 0 atom stereocenters. The average Bonchev–Trinajstić information content (AvgIpc) is 2.54. The second kappa shape index (κ2) is 9.70. The highest BCUT2D eigenvalue weighted by Gasteiger charge is 2.30. The van der Waals surface area contributed by atoms with Crippen molar-refractivity contribution in [1.82, 2.24) is 0 Å². The molecule has 0 spiro atoms. The summed E-state index contributed by atoms with van der Waals surface area (Å²) in [6, 6.07) is 0. The topological polar surface area (TPSA) is 0 Å². The molecule has 122 valence electrons. The Kier molecular flexibility index (Phi) is 7.89. The van der Waals surface area contributed by atoms with E-state index in [1.165, 1.54) is 57.8 Å². The van der Waals surface area contributed by atoms with Crippen LogP contribution in [0.1, 0.15) is 97.3 Å². The van der Waals surface area contributed by atoms with Gasteiger partial charge < -0.3 is 0 Å². The summed E-state index contributed by atoms with van der Waals surface area (Å²) in [5, 5.41) is 0. The zero-order valence-corrected chi connectivity index (χ0v) is 14.7. The highest BCUT2D eigenvalue weighted by molar-refractivity contribution is 4.91. The smallest absolute Gasteiger partial charge is 0.0233 e. The Balaban J connectivity index is 1.63. The summed E-state index contributed by atoms with van der Waals surface area (Å²) in [4.78, 5) is 0. The maximum absolute atomic E-state index is 2.50. The molecule has 2 aliphatic carbocycles. The van der Waals surface area contributed by atoms with E-state index in [1.54, 1.807) is 25.7 Å². The first-order chi connectivity index (χ1) is 10.3. The lowest BCUT2D eigenvalue weighted by Crippen LogP contribution is -2.25. The van der Waals surface area contributed by atoms with E-state index in [4.69, 9.17) is 0 Å². The first kappa shape index (κ1) is 17.1. The fraction of sp³-hybridized carbons (Fsp3) is 0.905. The molecule has 0 radical (unpaired) electrons. The lowest BCUT2D eigenvalue weighted by atomic mass is 9.68. The Morgan fingerprint density at radius 2 is 1.38 bits per heavy atom. The maximum Gasteiger partial charge on any atom is -0.0233 e. The summed E-state index contributed by atoms with van der Waals surface area (Å²) in [6.07, 6.45) is 24.1. The van der Waals surface area contributed by atoms with Crippen LogP contribution in [0.2, 0.25) is 0 Å². The SMILES string of the molecule is CCC=CC1CCC(C2CCC(CCCCC)CC2)CC1. The van der Waals surface area contributed by atoms with Gasteiger partial charge in [-0.2, -0.15) is 0 Å². The predicted octanol–water partition coefficient (Wildman–Crippen LogP) is 7.15. The van der Waals surface area contributed by atoms with Gasteiger partial charge in [-0.05, 0) is 68.6 Å². The molecule has 0 amide bonds. The average molecular weight is 291 g/mol. The molecule has 2 aliphatic rings. The summed E-state index contributed by atoms with van der Waals surface area (Å²) < 4.78 is 0. The Labute approximate surface area is 133 Å². The number of unbranched alkanes of at least 4 members (excludes halogenated alkanes) is 2. The van der Waals surface area contributed by atoms with Crippen molar-refractivity contribution in [2.75, 3.05) is 0 Å². The van der Waals surface area contributed by atoms with Crippen LogP contribution in [0.3, 0.4) is 0 Å².